The molecule has 0 fully saturated rings. The molecule has 3 aromatic rings. The van der Waals surface area contributed by atoms with E-state index in [-0.39, 0.29) is 24.8 Å². The van der Waals surface area contributed by atoms with E-state index in [9.17, 15) is 9.18 Å². The summed E-state index contributed by atoms with van der Waals surface area (Å²) < 4.78 is 20.1. The number of anilines is 1. The van der Waals surface area contributed by atoms with E-state index in [1.165, 1.54) is 12.1 Å². The fourth-order valence-corrected chi connectivity index (χ4v) is 2.57. The Morgan fingerprint density at radius 3 is 2.85 bits per heavy atom. The fourth-order valence-electron chi connectivity index (χ4n) is 2.38. The van der Waals surface area contributed by atoms with Crippen LogP contribution in [0.3, 0.4) is 0 Å². The average Bonchev–Trinajstić information content (AvgIpc) is 3.04. The van der Waals surface area contributed by atoms with Crippen molar-refractivity contribution >= 4 is 23.3 Å². The van der Waals surface area contributed by atoms with E-state index in [0.29, 0.717) is 23.1 Å². The summed E-state index contributed by atoms with van der Waals surface area (Å²) in [4.78, 5) is 12.1. The second-order valence-electron chi connectivity index (χ2n) is 5.57. The highest BCUT2D eigenvalue weighted by Crippen LogP contribution is 2.18. The first-order valence-corrected chi connectivity index (χ1v) is 8.43. The number of nitrogens with zero attached hydrogens (tertiary/aromatic N) is 2. The fraction of sp³-hybridized carbons (Fsp3) is 0.158. The van der Waals surface area contributed by atoms with Gasteiger partial charge in [-0.15, -0.1) is 0 Å². The number of carbonyl (C=O) groups is 1. The number of nitrogens with one attached hydrogen (secondary N) is 1. The van der Waals surface area contributed by atoms with E-state index in [1.54, 1.807) is 29.1 Å². The third-order valence-corrected chi connectivity index (χ3v) is 4.02. The minimum atomic E-state index is -0.379. The van der Waals surface area contributed by atoms with Crippen LogP contribution in [0.5, 0.6) is 5.75 Å². The Hall–Kier alpha value is -2.86. The number of benzene rings is 2. The largest absolute Gasteiger partial charge is 0.493 e. The molecule has 0 spiro atoms. The number of aromatic nitrogens is 2. The standard InChI is InChI=1S/C19H17ClFN3O2/c20-17-7-2-1-4-14(17)13-24-18(8-10-22-24)23-19(25)9-11-26-16-6-3-5-15(21)12-16/h1-8,10,12H,9,11,13H2,(H,23,25). The molecule has 1 aromatic heterocycles. The lowest BCUT2D eigenvalue weighted by Gasteiger charge is -2.10. The molecule has 1 N–H and O–H groups in total. The second kappa shape index (κ2) is 8.49. The van der Waals surface area contributed by atoms with E-state index in [0.717, 1.165) is 5.56 Å². The topological polar surface area (TPSA) is 56.1 Å². The van der Waals surface area contributed by atoms with Crippen molar-refractivity contribution in [1.82, 2.24) is 9.78 Å². The van der Waals surface area contributed by atoms with Crippen molar-refractivity contribution in [1.29, 1.82) is 0 Å². The number of rotatable bonds is 7. The Kier molecular flexibility index (Phi) is 5.86. The van der Waals surface area contributed by atoms with Gasteiger partial charge < -0.3 is 10.1 Å². The summed E-state index contributed by atoms with van der Waals surface area (Å²) in [6.07, 6.45) is 1.74. The quantitative estimate of drug-likeness (QED) is 0.677. The van der Waals surface area contributed by atoms with Gasteiger partial charge in [0.2, 0.25) is 5.91 Å². The summed E-state index contributed by atoms with van der Waals surface area (Å²) in [6.45, 7) is 0.593. The number of halogens is 2. The predicted molar refractivity (Wildman–Crippen MR) is 97.9 cm³/mol. The van der Waals surface area contributed by atoms with Crippen LogP contribution in [0, 0.1) is 5.82 Å². The molecule has 1 heterocycles. The molecule has 1 amide bonds. The minimum Gasteiger partial charge on any atom is -0.493 e. The molecule has 0 saturated heterocycles. The molecule has 0 saturated carbocycles. The number of carbonyl (C=O) groups excluding carboxylic acids is 1. The molecular weight excluding hydrogens is 357 g/mol. The highest BCUT2D eigenvalue weighted by Gasteiger charge is 2.09. The van der Waals surface area contributed by atoms with E-state index in [4.69, 9.17) is 16.3 Å². The van der Waals surface area contributed by atoms with Gasteiger partial charge in [0, 0.05) is 17.2 Å². The molecule has 0 bridgehead atoms. The van der Waals surface area contributed by atoms with Crippen molar-refractivity contribution in [2.75, 3.05) is 11.9 Å². The van der Waals surface area contributed by atoms with Gasteiger partial charge >= 0.3 is 0 Å². The van der Waals surface area contributed by atoms with Gasteiger partial charge in [-0.2, -0.15) is 5.10 Å². The third-order valence-electron chi connectivity index (χ3n) is 3.66. The van der Waals surface area contributed by atoms with Gasteiger partial charge in [-0.25, -0.2) is 9.07 Å². The van der Waals surface area contributed by atoms with Crippen LogP contribution in [0.25, 0.3) is 0 Å². The van der Waals surface area contributed by atoms with Gasteiger partial charge in [-0.05, 0) is 23.8 Å². The molecule has 3 rings (SSSR count). The molecule has 0 unspecified atom stereocenters. The van der Waals surface area contributed by atoms with Crippen LogP contribution in [0.1, 0.15) is 12.0 Å². The first-order chi connectivity index (χ1) is 12.6. The van der Waals surface area contributed by atoms with Crippen LogP contribution in [-0.4, -0.2) is 22.3 Å². The van der Waals surface area contributed by atoms with Crippen molar-refractivity contribution in [2.24, 2.45) is 0 Å². The molecule has 0 aliphatic heterocycles. The van der Waals surface area contributed by atoms with Crippen LogP contribution in [0.4, 0.5) is 10.2 Å². The molecule has 0 atom stereocenters. The maximum absolute atomic E-state index is 13.1. The zero-order chi connectivity index (χ0) is 18.4. The van der Waals surface area contributed by atoms with Crippen LogP contribution in [0.2, 0.25) is 5.02 Å². The monoisotopic (exact) mass is 373 g/mol. The smallest absolute Gasteiger partial charge is 0.228 e. The lowest BCUT2D eigenvalue weighted by atomic mass is 10.2. The van der Waals surface area contributed by atoms with Crippen LogP contribution < -0.4 is 10.1 Å². The maximum atomic E-state index is 13.1. The summed E-state index contributed by atoms with van der Waals surface area (Å²) >= 11 is 6.17. The lowest BCUT2D eigenvalue weighted by Crippen LogP contribution is -2.18. The highest BCUT2D eigenvalue weighted by molar-refractivity contribution is 6.31. The van der Waals surface area contributed by atoms with Gasteiger partial charge in [0.1, 0.15) is 17.4 Å². The average molecular weight is 374 g/mol. The summed E-state index contributed by atoms with van der Waals surface area (Å²) in [6, 6.07) is 15.0. The van der Waals surface area contributed by atoms with Crippen LogP contribution in [0.15, 0.2) is 60.8 Å². The van der Waals surface area contributed by atoms with Gasteiger partial charge in [-0.3, -0.25) is 4.79 Å². The second-order valence-corrected chi connectivity index (χ2v) is 5.98. The summed E-state index contributed by atoms with van der Waals surface area (Å²) in [5.74, 6) is 0.361. The first-order valence-electron chi connectivity index (χ1n) is 8.05. The summed E-state index contributed by atoms with van der Waals surface area (Å²) in [5.41, 5.74) is 0.905. The van der Waals surface area contributed by atoms with Crippen molar-refractivity contribution in [2.45, 2.75) is 13.0 Å². The molecule has 5 nitrogen and oxygen atoms in total. The van der Waals surface area contributed by atoms with Gasteiger partial charge in [0.15, 0.2) is 0 Å². The SMILES string of the molecule is O=C(CCOc1cccc(F)c1)Nc1ccnn1Cc1ccccc1Cl. The Bertz CT molecular complexity index is 898. The minimum absolute atomic E-state index is 0.133. The Balaban J connectivity index is 1.53. The van der Waals surface area contributed by atoms with Crippen LogP contribution >= 0.6 is 11.6 Å². The zero-order valence-corrected chi connectivity index (χ0v) is 14.6. The molecule has 134 valence electrons. The molecular formula is C19H17ClFN3O2. The van der Waals surface area contributed by atoms with Gasteiger partial charge in [-0.1, -0.05) is 35.9 Å². The molecule has 7 heteroatoms. The third kappa shape index (κ3) is 4.83. The van der Waals surface area contributed by atoms with Crippen molar-refractivity contribution in [3.8, 4) is 5.75 Å². The zero-order valence-electron chi connectivity index (χ0n) is 13.9. The van der Waals surface area contributed by atoms with Crippen molar-refractivity contribution < 1.29 is 13.9 Å². The van der Waals surface area contributed by atoms with E-state index < -0.39 is 0 Å². The maximum Gasteiger partial charge on any atom is 0.228 e. The van der Waals surface area contributed by atoms with Crippen molar-refractivity contribution in [3.63, 3.8) is 0 Å². The van der Waals surface area contributed by atoms with Crippen molar-refractivity contribution in [3.05, 3.63) is 77.2 Å². The number of hydrogen-bond donors (Lipinski definition) is 1. The number of ether oxygens (including phenoxy) is 1. The lowest BCUT2D eigenvalue weighted by molar-refractivity contribution is -0.116. The van der Waals surface area contributed by atoms with E-state index in [2.05, 4.69) is 10.4 Å². The Labute approximate surface area is 155 Å². The number of hydrogen-bond acceptors (Lipinski definition) is 3. The van der Waals surface area contributed by atoms with E-state index >= 15 is 0 Å². The molecule has 26 heavy (non-hydrogen) atoms. The number of amides is 1. The molecule has 0 aliphatic carbocycles. The van der Waals surface area contributed by atoms with E-state index in [1.807, 2.05) is 24.3 Å². The molecule has 0 aliphatic rings. The highest BCUT2D eigenvalue weighted by atomic mass is 35.5. The molecule has 0 radical (unpaired) electrons. The van der Waals surface area contributed by atoms with Crippen LogP contribution in [-0.2, 0) is 11.3 Å². The molecule has 2 aromatic carbocycles. The van der Waals surface area contributed by atoms with Gasteiger partial charge in [0.25, 0.3) is 0 Å². The predicted octanol–water partition coefficient (Wildman–Crippen LogP) is 4.13. The van der Waals surface area contributed by atoms with Gasteiger partial charge in [0.05, 0.1) is 25.8 Å². The Morgan fingerprint density at radius 1 is 1.19 bits per heavy atom. The first kappa shape index (κ1) is 17.9. The summed E-state index contributed by atoms with van der Waals surface area (Å²) in [7, 11) is 0. The summed E-state index contributed by atoms with van der Waals surface area (Å²) in [5, 5.41) is 7.65. The Morgan fingerprint density at radius 2 is 2.04 bits per heavy atom. The normalized spacial score (nSPS) is 10.5.